The molecule has 0 aliphatic carbocycles. The first-order valence-electron chi connectivity index (χ1n) is 7.24. The maximum atomic E-state index is 5.82. The minimum absolute atomic E-state index is 0.139. The molecule has 0 aliphatic rings. The number of rotatable bonds is 2. The third kappa shape index (κ3) is 6.99. The van der Waals surface area contributed by atoms with Crippen LogP contribution in [0.25, 0.3) is 11.4 Å². The fourth-order valence-electron chi connectivity index (χ4n) is 1.70. The molecule has 0 atom stereocenters. The molecule has 0 radical (unpaired) electrons. The van der Waals surface area contributed by atoms with E-state index in [9.17, 15) is 0 Å². The van der Waals surface area contributed by atoms with Crippen LogP contribution in [-0.4, -0.2) is 37.5 Å². The lowest BCUT2D eigenvalue weighted by molar-refractivity contribution is 0.415. The zero-order chi connectivity index (χ0) is 20.8. The lowest BCUT2D eigenvalue weighted by Gasteiger charge is -2.15. The normalized spacial score (nSPS) is 11.4. The predicted octanol–water partition coefficient (Wildman–Crippen LogP) is 5.07. The molecule has 0 saturated heterocycles. The van der Waals surface area contributed by atoms with Crippen LogP contribution in [0.4, 0.5) is 0 Å². The summed E-state index contributed by atoms with van der Waals surface area (Å²) in [6, 6.07) is 8.61. The highest BCUT2D eigenvalue weighted by Gasteiger charge is 2.33. The van der Waals surface area contributed by atoms with Crippen molar-refractivity contribution in [1.29, 1.82) is 0 Å². The van der Waals surface area contributed by atoms with E-state index in [0.717, 1.165) is 0 Å². The van der Waals surface area contributed by atoms with Crippen LogP contribution in [0.3, 0.4) is 0 Å². The predicted molar refractivity (Wildman–Crippen MR) is 110 cm³/mol. The monoisotopic (exact) mass is 500 g/mol. The summed E-state index contributed by atoms with van der Waals surface area (Å²) in [6.45, 7) is 0. The summed E-state index contributed by atoms with van der Waals surface area (Å²) in [5.41, 5.74) is 0.620. The van der Waals surface area contributed by atoms with Crippen LogP contribution in [0, 0.1) is 0 Å². The molecule has 0 aliphatic heterocycles. The van der Waals surface area contributed by atoms with E-state index in [1.807, 2.05) is 0 Å². The molecule has 0 spiro atoms. The number of benzene rings is 1. The molecular formula is C15H10Cl6N6O. The van der Waals surface area contributed by atoms with Crippen LogP contribution in [0.1, 0.15) is 11.6 Å². The number of hydrogen-bond donors (Lipinski definition) is 0. The summed E-state index contributed by atoms with van der Waals surface area (Å²) in [4.78, 5) is 12.1. The summed E-state index contributed by atoms with van der Waals surface area (Å²) in [5, 5.41) is 10.1. The highest BCUT2D eigenvalue weighted by Crippen LogP contribution is 2.40. The summed E-state index contributed by atoms with van der Waals surface area (Å²) in [6.07, 6.45) is 3.15. The number of methoxy groups -OCH3 is 1. The fraction of sp³-hybridized carbons (Fsp3) is 0.200. The van der Waals surface area contributed by atoms with Crippen molar-refractivity contribution >= 4 is 69.6 Å². The molecule has 1 aromatic carbocycles. The first kappa shape index (κ1) is 23.1. The minimum atomic E-state index is -1.88. The second kappa shape index (κ2) is 10.0. The molecule has 0 bridgehead atoms. The van der Waals surface area contributed by atoms with Gasteiger partial charge in [-0.15, -0.1) is 10.2 Å². The number of ether oxygens (including phenoxy) is 1. The zero-order valence-corrected chi connectivity index (χ0v) is 18.4. The largest absolute Gasteiger partial charge is 0.497 e. The van der Waals surface area contributed by atoms with Gasteiger partial charge in [0.2, 0.25) is 7.59 Å². The van der Waals surface area contributed by atoms with Crippen LogP contribution in [0.2, 0.25) is 0 Å². The van der Waals surface area contributed by atoms with Crippen molar-refractivity contribution in [2.45, 2.75) is 7.59 Å². The molecule has 148 valence electrons. The summed E-state index contributed by atoms with van der Waals surface area (Å²) < 4.78 is 1.32. The first-order chi connectivity index (χ1) is 13.1. The summed E-state index contributed by atoms with van der Waals surface area (Å²) >= 11 is 34.9. The van der Waals surface area contributed by atoms with E-state index in [2.05, 4.69) is 30.4 Å². The Hall–Kier alpha value is -1.22. The van der Waals surface area contributed by atoms with E-state index in [0.29, 0.717) is 11.3 Å². The Balaban J connectivity index is 0.000000397. The zero-order valence-electron chi connectivity index (χ0n) is 13.9. The van der Waals surface area contributed by atoms with Gasteiger partial charge in [0.1, 0.15) is 5.75 Å². The van der Waals surface area contributed by atoms with Crippen molar-refractivity contribution in [1.82, 2.24) is 30.4 Å². The highest BCUT2D eigenvalue weighted by atomic mass is 35.6. The molecule has 3 rings (SSSR count). The van der Waals surface area contributed by atoms with Gasteiger partial charge in [-0.3, -0.25) is 0 Å². The minimum Gasteiger partial charge on any atom is -0.497 e. The maximum absolute atomic E-state index is 5.82. The summed E-state index contributed by atoms with van der Waals surface area (Å²) in [7, 11) is 1.56. The molecule has 0 fully saturated rings. The van der Waals surface area contributed by atoms with Gasteiger partial charge in [-0.25, -0.2) is 15.0 Å². The Labute approximate surface area is 190 Å². The smallest absolute Gasteiger partial charge is 0.250 e. The van der Waals surface area contributed by atoms with E-state index in [-0.39, 0.29) is 17.5 Å². The van der Waals surface area contributed by atoms with Crippen molar-refractivity contribution in [3.63, 3.8) is 0 Å². The maximum Gasteiger partial charge on any atom is 0.250 e. The van der Waals surface area contributed by atoms with E-state index in [1.165, 1.54) is 0 Å². The number of nitrogens with zero attached hydrogens (tertiary/aromatic N) is 6. The van der Waals surface area contributed by atoms with Gasteiger partial charge < -0.3 is 4.74 Å². The molecule has 2 aromatic heterocycles. The van der Waals surface area contributed by atoms with Crippen LogP contribution in [0.5, 0.6) is 5.75 Å². The number of hydrogen-bond acceptors (Lipinski definition) is 7. The van der Waals surface area contributed by atoms with E-state index < -0.39 is 7.59 Å². The van der Waals surface area contributed by atoms with Gasteiger partial charge in [-0.1, -0.05) is 69.6 Å². The Kier molecular flexibility index (Phi) is 8.24. The third-order valence-electron chi connectivity index (χ3n) is 2.90. The van der Waals surface area contributed by atoms with Crippen molar-refractivity contribution in [3.05, 3.63) is 54.4 Å². The second-order valence-electron chi connectivity index (χ2n) is 4.84. The highest BCUT2D eigenvalue weighted by molar-refractivity contribution is 6.67. The Morgan fingerprint density at radius 3 is 1.57 bits per heavy atom. The third-order valence-corrected chi connectivity index (χ3v) is 3.91. The number of aromatic nitrogens is 6. The first-order valence-corrected chi connectivity index (χ1v) is 9.51. The molecule has 3 aromatic rings. The second-order valence-corrected chi connectivity index (χ2v) is 9.40. The van der Waals surface area contributed by atoms with Crippen LogP contribution in [0.15, 0.2) is 42.7 Å². The van der Waals surface area contributed by atoms with Gasteiger partial charge in [0, 0.05) is 5.56 Å². The van der Waals surface area contributed by atoms with Crippen LogP contribution in [-0.2, 0) is 7.59 Å². The Bertz CT molecular complexity index is 827. The molecule has 0 N–H and O–H groups in total. The van der Waals surface area contributed by atoms with Gasteiger partial charge in [-0.05, 0) is 35.5 Å². The van der Waals surface area contributed by atoms with Gasteiger partial charge in [0.15, 0.2) is 17.5 Å². The van der Waals surface area contributed by atoms with Gasteiger partial charge in [-0.2, -0.15) is 0 Å². The van der Waals surface area contributed by atoms with Crippen molar-refractivity contribution in [2.75, 3.05) is 7.11 Å². The van der Waals surface area contributed by atoms with Gasteiger partial charge in [0.05, 0.1) is 19.5 Å². The van der Waals surface area contributed by atoms with E-state index in [1.54, 1.807) is 49.8 Å². The number of halogens is 6. The van der Waals surface area contributed by atoms with Crippen molar-refractivity contribution < 1.29 is 4.74 Å². The topological polar surface area (TPSA) is 86.6 Å². The SMILES string of the molecule is COc1ccc(-c2nc(C(Cl)(Cl)Cl)nc(C(Cl)(Cl)Cl)n2)cc1.c1cnnnc1. The fourth-order valence-corrected chi connectivity index (χ4v) is 2.21. The molecule has 0 amide bonds. The van der Waals surface area contributed by atoms with Gasteiger partial charge >= 0.3 is 0 Å². The molecule has 28 heavy (non-hydrogen) atoms. The molecule has 13 heteroatoms. The standard InChI is InChI=1S/C12H7Cl6N3O.C3H3N3/c1-22-7-4-2-6(3-5-7)8-19-9(11(13,14)15)21-10(20-8)12(16,17)18;1-2-4-6-5-3-1/h2-5H,1H3;1-3H. The lowest BCUT2D eigenvalue weighted by Crippen LogP contribution is -2.16. The lowest BCUT2D eigenvalue weighted by atomic mass is 10.2. The van der Waals surface area contributed by atoms with E-state index in [4.69, 9.17) is 74.3 Å². The number of alkyl halides is 6. The molecule has 2 heterocycles. The summed E-state index contributed by atoms with van der Waals surface area (Å²) in [5.74, 6) is 0.598. The Morgan fingerprint density at radius 1 is 0.750 bits per heavy atom. The molecule has 7 nitrogen and oxygen atoms in total. The van der Waals surface area contributed by atoms with E-state index >= 15 is 0 Å². The molecule has 0 saturated carbocycles. The average molecular weight is 503 g/mol. The molecule has 0 unspecified atom stereocenters. The van der Waals surface area contributed by atoms with Crippen LogP contribution < -0.4 is 4.74 Å². The molecular weight excluding hydrogens is 493 g/mol. The van der Waals surface area contributed by atoms with Crippen molar-refractivity contribution in [2.24, 2.45) is 0 Å². The van der Waals surface area contributed by atoms with Crippen molar-refractivity contribution in [3.8, 4) is 17.1 Å². The van der Waals surface area contributed by atoms with Crippen LogP contribution >= 0.6 is 69.6 Å². The average Bonchev–Trinajstić information content (AvgIpc) is 2.68. The van der Waals surface area contributed by atoms with Gasteiger partial charge in [0.25, 0.3) is 0 Å². The quantitative estimate of drug-likeness (QED) is 0.452. The Morgan fingerprint density at radius 2 is 1.25 bits per heavy atom.